The smallest absolute Gasteiger partial charge is 0.357 e. The van der Waals surface area contributed by atoms with Crippen molar-refractivity contribution in [2.24, 2.45) is 0 Å². The Labute approximate surface area is 95.5 Å². The van der Waals surface area contributed by atoms with Crippen LogP contribution >= 0.6 is 11.6 Å². The van der Waals surface area contributed by atoms with Gasteiger partial charge in [0, 0.05) is 6.07 Å². The number of carboxylic acid groups (broad SMARTS) is 1. The van der Waals surface area contributed by atoms with Gasteiger partial charge in [0.2, 0.25) is 0 Å². The van der Waals surface area contributed by atoms with Gasteiger partial charge in [0.05, 0.1) is 16.9 Å². The molecule has 1 heterocycles. The Bertz CT molecular complexity index is 551. The number of aromatic nitrogens is 2. The summed E-state index contributed by atoms with van der Waals surface area (Å²) >= 11 is 5.70. The van der Waals surface area contributed by atoms with Crippen molar-refractivity contribution >= 4 is 17.6 Å². The molecule has 2 rings (SSSR count). The summed E-state index contributed by atoms with van der Waals surface area (Å²) in [5.74, 6) is -1.12. The maximum absolute atomic E-state index is 10.7. The van der Waals surface area contributed by atoms with E-state index in [0.29, 0.717) is 5.69 Å². The van der Waals surface area contributed by atoms with E-state index in [2.05, 4.69) is 5.10 Å². The quantitative estimate of drug-likeness (QED) is 0.838. The number of rotatable bonds is 2. The first-order chi connectivity index (χ1) is 7.58. The molecule has 0 bridgehead atoms. The fraction of sp³-hybridized carbons (Fsp3) is 0. The predicted molar refractivity (Wildman–Crippen MR) is 57.2 cm³/mol. The SMILES string of the molecule is O=C(O)c1nn(-c2cccc(O)c2)cc1Cl. The summed E-state index contributed by atoms with van der Waals surface area (Å²) in [5, 5.41) is 21.9. The van der Waals surface area contributed by atoms with Crippen molar-refractivity contribution in [3.05, 3.63) is 41.2 Å². The van der Waals surface area contributed by atoms with E-state index < -0.39 is 5.97 Å². The Morgan fingerprint density at radius 3 is 2.75 bits per heavy atom. The van der Waals surface area contributed by atoms with Gasteiger partial charge in [0.1, 0.15) is 5.75 Å². The van der Waals surface area contributed by atoms with Gasteiger partial charge in [-0.15, -0.1) is 0 Å². The van der Waals surface area contributed by atoms with Crippen LogP contribution in [0.25, 0.3) is 5.69 Å². The number of carboxylic acids is 1. The highest BCUT2D eigenvalue weighted by Crippen LogP contribution is 2.19. The third kappa shape index (κ3) is 1.85. The van der Waals surface area contributed by atoms with E-state index in [4.69, 9.17) is 16.7 Å². The molecule has 16 heavy (non-hydrogen) atoms. The summed E-state index contributed by atoms with van der Waals surface area (Å²) in [6.45, 7) is 0. The van der Waals surface area contributed by atoms with Crippen molar-refractivity contribution in [1.82, 2.24) is 9.78 Å². The van der Waals surface area contributed by atoms with Crippen molar-refractivity contribution in [3.8, 4) is 11.4 Å². The standard InChI is InChI=1S/C10H7ClN2O3/c11-8-5-13(12-9(8)10(15)16)6-2-1-3-7(14)4-6/h1-5,14H,(H,15,16). The van der Waals surface area contributed by atoms with Gasteiger partial charge in [-0.05, 0) is 12.1 Å². The van der Waals surface area contributed by atoms with Crippen LogP contribution in [-0.2, 0) is 0 Å². The molecule has 0 amide bonds. The minimum absolute atomic E-state index is 0.0517. The summed E-state index contributed by atoms with van der Waals surface area (Å²) in [7, 11) is 0. The van der Waals surface area contributed by atoms with Crippen LogP contribution in [0.2, 0.25) is 5.02 Å². The van der Waals surface area contributed by atoms with E-state index in [-0.39, 0.29) is 16.5 Å². The molecule has 82 valence electrons. The molecule has 0 saturated carbocycles. The lowest BCUT2D eigenvalue weighted by Crippen LogP contribution is -2.01. The summed E-state index contributed by atoms with van der Waals surface area (Å²) in [5.41, 5.74) is 0.319. The molecule has 2 N–H and O–H groups in total. The summed E-state index contributed by atoms with van der Waals surface area (Å²) in [4.78, 5) is 10.7. The van der Waals surface area contributed by atoms with Gasteiger partial charge in [-0.25, -0.2) is 9.48 Å². The van der Waals surface area contributed by atoms with Gasteiger partial charge < -0.3 is 10.2 Å². The van der Waals surface area contributed by atoms with Gasteiger partial charge in [-0.1, -0.05) is 17.7 Å². The fourth-order valence-electron chi connectivity index (χ4n) is 1.27. The molecule has 0 radical (unpaired) electrons. The number of halogens is 1. The van der Waals surface area contributed by atoms with E-state index in [9.17, 15) is 9.90 Å². The lowest BCUT2D eigenvalue weighted by molar-refractivity contribution is 0.0690. The number of phenols is 1. The topological polar surface area (TPSA) is 75.3 Å². The molecular weight excluding hydrogens is 232 g/mol. The molecule has 6 heteroatoms. The van der Waals surface area contributed by atoms with Crippen molar-refractivity contribution in [1.29, 1.82) is 0 Å². The molecule has 0 aliphatic heterocycles. The zero-order valence-corrected chi connectivity index (χ0v) is 8.72. The molecule has 0 aliphatic carbocycles. The molecule has 0 spiro atoms. The van der Waals surface area contributed by atoms with Crippen LogP contribution in [0.4, 0.5) is 0 Å². The van der Waals surface area contributed by atoms with Crippen molar-refractivity contribution in [2.45, 2.75) is 0 Å². The Morgan fingerprint density at radius 2 is 2.19 bits per heavy atom. The van der Waals surface area contributed by atoms with Gasteiger partial charge in [-0.3, -0.25) is 0 Å². The maximum Gasteiger partial charge on any atom is 0.357 e. The van der Waals surface area contributed by atoms with Gasteiger partial charge in [-0.2, -0.15) is 5.10 Å². The number of aromatic hydroxyl groups is 1. The zero-order chi connectivity index (χ0) is 11.7. The molecule has 0 fully saturated rings. The van der Waals surface area contributed by atoms with E-state index >= 15 is 0 Å². The maximum atomic E-state index is 10.7. The Kier molecular flexibility index (Phi) is 2.54. The predicted octanol–water partition coefficient (Wildman–Crippen LogP) is 1.93. The summed E-state index contributed by atoms with van der Waals surface area (Å²) < 4.78 is 1.30. The monoisotopic (exact) mass is 238 g/mol. The lowest BCUT2D eigenvalue weighted by Gasteiger charge is -2.00. The lowest BCUT2D eigenvalue weighted by atomic mass is 10.3. The van der Waals surface area contributed by atoms with E-state index in [1.807, 2.05) is 0 Å². The number of carbonyl (C=O) groups is 1. The average molecular weight is 239 g/mol. The Morgan fingerprint density at radius 1 is 1.44 bits per heavy atom. The van der Waals surface area contributed by atoms with Crippen LogP contribution in [0.3, 0.4) is 0 Å². The number of nitrogens with zero attached hydrogens (tertiary/aromatic N) is 2. The van der Waals surface area contributed by atoms with E-state index in [1.54, 1.807) is 12.1 Å². The largest absolute Gasteiger partial charge is 0.508 e. The first-order valence-electron chi connectivity index (χ1n) is 4.36. The molecule has 1 aromatic carbocycles. The van der Waals surface area contributed by atoms with Crippen LogP contribution in [0.5, 0.6) is 5.75 Å². The molecule has 5 nitrogen and oxygen atoms in total. The molecule has 0 aliphatic rings. The van der Waals surface area contributed by atoms with Gasteiger partial charge in [0.15, 0.2) is 5.69 Å². The highest BCUT2D eigenvalue weighted by atomic mass is 35.5. The fourth-order valence-corrected chi connectivity index (χ4v) is 1.48. The second-order valence-electron chi connectivity index (χ2n) is 3.10. The van der Waals surface area contributed by atoms with Crippen LogP contribution in [-0.4, -0.2) is 26.0 Å². The molecule has 1 aromatic heterocycles. The second kappa shape index (κ2) is 3.86. The third-order valence-corrected chi connectivity index (χ3v) is 2.24. The molecule has 0 atom stereocenters. The van der Waals surface area contributed by atoms with Crippen LogP contribution in [0.15, 0.2) is 30.5 Å². The van der Waals surface area contributed by atoms with Crippen LogP contribution < -0.4 is 0 Å². The number of phenolic OH excluding ortho intramolecular Hbond substituents is 1. The van der Waals surface area contributed by atoms with Gasteiger partial charge >= 0.3 is 5.97 Å². The number of aromatic carboxylic acids is 1. The number of hydrogen-bond acceptors (Lipinski definition) is 3. The zero-order valence-electron chi connectivity index (χ0n) is 7.96. The first-order valence-corrected chi connectivity index (χ1v) is 4.73. The number of benzene rings is 1. The molecule has 2 aromatic rings. The Balaban J connectivity index is 2.49. The number of hydrogen-bond donors (Lipinski definition) is 2. The first kappa shape index (κ1) is 10.5. The van der Waals surface area contributed by atoms with Gasteiger partial charge in [0.25, 0.3) is 0 Å². The minimum Gasteiger partial charge on any atom is -0.508 e. The normalized spacial score (nSPS) is 10.3. The molecule has 0 saturated heterocycles. The van der Waals surface area contributed by atoms with Crippen LogP contribution in [0, 0.1) is 0 Å². The van der Waals surface area contributed by atoms with E-state index in [1.165, 1.54) is 23.0 Å². The Hall–Kier alpha value is -2.01. The highest BCUT2D eigenvalue weighted by molar-refractivity contribution is 6.33. The molecular formula is C10H7ClN2O3. The molecule has 0 unspecified atom stereocenters. The van der Waals surface area contributed by atoms with Crippen LogP contribution in [0.1, 0.15) is 10.5 Å². The van der Waals surface area contributed by atoms with Crippen molar-refractivity contribution in [3.63, 3.8) is 0 Å². The minimum atomic E-state index is -1.19. The average Bonchev–Trinajstić information content (AvgIpc) is 2.60. The van der Waals surface area contributed by atoms with E-state index in [0.717, 1.165) is 0 Å². The van der Waals surface area contributed by atoms with Crippen molar-refractivity contribution in [2.75, 3.05) is 0 Å². The summed E-state index contributed by atoms with van der Waals surface area (Å²) in [6.07, 6.45) is 1.37. The summed E-state index contributed by atoms with van der Waals surface area (Å²) in [6, 6.07) is 6.26. The highest BCUT2D eigenvalue weighted by Gasteiger charge is 2.14. The third-order valence-electron chi connectivity index (χ3n) is 1.97. The second-order valence-corrected chi connectivity index (χ2v) is 3.50. The van der Waals surface area contributed by atoms with Crippen molar-refractivity contribution < 1.29 is 15.0 Å².